The molecule has 0 aromatic carbocycles. The number of aromatic amines is 1. The van der Waals surface area contributed by atoms with Crippen LogP contribution >= 0.6 is 0 Å². The zero-order valence-electron chi connectivity index (χ0n) is 11.0. The number of aromatic nitrogens is 2. The Bertz CT molecular complexity index is 429. The Morgan fingerprint density at radius 1 is 1.33 bits per heavy atom. The molecule has 0 unspecified atom stereocenters. The van der Waals surface area contributed by atoms with Crippen molar-refractivity contribution in [3.05, 3.63) is 21.7 Å². The molecule has 0 fully saturated rings. The number of nitrogens with zero attached hydrogens (tertiary/aromatic N) is 1. The molecule has 0 amide bonds. The van der Waals surface area contributed by atoms with E-state index in [0.29, 0.717) is 37.6 Å². The molecule has 6 nitrogen and oxygen atoms in total. The molecule has 1 rings (SSSR count). The summed E-state index contributed by atoms with van der Waals surface area (Å²) < 4.78 is 10.1. The Morgan fingerprint density at radius 2 is 2.06 bits per heavy atom. The number of nitrogens with one attached hydrogen (secondary N) is 1. The number of aromatic hydroxyl groups is 1. The normalized spacial score (nSPS) is 11.1. The number of methoxy groups -OCH3 is 1. The van der Waals surface area contributed by atoms with Crippen LogP contribution in [0.15, 0.2) is 4.79 Å². The predicted molar refractivity (Wildman–Crippen MR) is 67.0 cm³/mol. The molecule has 0 saturated heterocycles. The summed E-state index contributed by atoms with van der Waals surface area (Å²) in [6.07, 6.45) is 0.449. The van der Waals surface area contributed by atoms with Crippen LogP contribution in [0.3, 0.4) is 0 Å². The molecule has 1 aromatic heterocycles. The number of ether oxygens (including phenoxy) is 2. The average Bonchev–Trinajstić information content (AvgIpc) is 2.27. The molecule has 0 spiro atoms. The fourth-order valence-corrected chi connectivity index (χ4v) is 1.57. The maximum absolute atomic E-state index is 11.7. The Balaban J connectivity index is 2.61. The van der Waals surface area contributed by atoms with Crippen molar-refractivity contribution in [3.63, 3.8) is 0 Å². The molecule has 102 valence electrons. The van der Waals surface area contributed by atoms with E-state index >= 15 is 0 Å². The quantitative estimate of drug-likeness (QED) is 0.705. The van der Waals surface area contributed by atoms with Crippen molar-refractivity contribution in [1.82, 2.24) is 9.97 Å². The number of rotatable bonds is 7. The molecule has 0 bridgehead atoms. The molecule has 1 heterocycles. The minimum atomic E-state index is -0.288. The van der Waals surface area contributed by atoms with E-state index in [1.807, 2.05) is 13.8 Å². The van der Waals surface area contributed by atoms with Crippen molar-refractivity contribution in [2.75, 3.05) is 26.9 Å². The van der Waals surface area contributed by atoms with Crippen LogP contribution in [0.4, 0.5) is 0 Å². The van der Waals surface area contributed by atoms with Crippen molar-refractivity contribution in [2.45, 2.75) is 26.2 Å². The summed E-state index contributed by atoms with van der Waals surface area (Å²) in [5, 5.41) is 9.69. The maximum atomic E-state index is 11.7. The lowest BCUT2D eigenvalue weighted by Crippen LogP contribution is -2.19. The van der Waals surface area contributed by atoms with Gasteiger partial charge in [-0.25, -0.2) is 0 Å². The molecule has 0 aliphatic rings. The van der Waals surface area contributed by atoms with E-state index in [1.54, 1.807) is 7.11 Å². The first-order valence-corrected chi connectivity index (χ1v) is 5.95. The topological polar surface area (TPSA) is 84.4 Å². The monoisotopic (exact) mass is 256 g/mol. The van der Waals surface area contributed by atoms with Crippen LogP contribution in [0.25, 0.3) is 0 Å². The summed E-state index contributed by atoms with van der Waals surface area (Å²) >= 11 is 0. The zero-order valence-corrected chi connectivity index (χ0v) is 11.0. The van der Waals surface area contributed by atoms with E-state index < -0.39 is 0 Å². The summed E-state index contributed by atoms with van der Waals surface area (Å²) in [4.78, 5) is 18.3. The Hall–Kier alpha value is -1.40. The summed E-state index contributed by atoms with van der Waals surface area (Å²) in [5.41, 5.74) is 0.0310. The van der Waals surface area contributed by atoms with Gasteiger partial charge in [-0.1, -0.05) is 13.8 Å². The lowest BCUT2D eigenvalue weighted by atomic mass is 10.1. The third kappa shape index (κ3) is 4.12. The Labute approximate surface area is 106 Å². The predicted octanol–water partition coefficient (Wildman–Crippen LogP) is 0.804. The van der Waals surface area contributed by atoms with Gasteiger partial charge in [-0.15, -0.1) is 0 Å². The van der Waals surface area contributed by atoms with Gasteiger partial charge in [-0.3, -0.25) is 4.79 Å². The van der Waals surface area contributed by atoms with Crippen molar-refractivity contribution >= 4 is 0 Å². The van der Waals surface area contributed by atoms with E-state index in [9.17, 15) is 9.90 Å². The second kappa shape index (κ2) is 7.13. The van der Waals surface area contributed by atoms with Crippen molar-refractivity contribution in [1.29, 1.82) is 0 Å². The fraction of sp³-hybridized carbons (Fsp3) is 0.667. The van der Waals surface area contributed by atoms with Crippen LogP contribution in [-0.4, -0.2) is 42.0 Å². The summed E-state index contributed by atoms with van der Waals surface area (Å²) in [6.45, 7) is 5.12. The molecular formula is C12H20N2O4. The van der Waals surface area contributed by atoms with Gasteiger partial charge in [-0.2, -0.15) is 4.98 Å². The van der Waals surface area contributed by atoms with Crippen LogP contribution in [-0.2, 0) is 15.9 Å². The highest BCUT2D eigenvalue weighted by atomic mass is 16.5. The van der Waals surface area contributed by atoms with Gasteiger partial charge in [-0.05, 0) is 5.92 Å². The van der Waals surface area contributed by atoms with Gasteiger partial charge in [0.15, 0.2) is 0 Å². The summed E-state index contributed by atoms with van der Waals surface area (Å²) in [6, 6.07) is 0. The van der Waals surface area contributed by atoms with Crippen LogP contribution in [0.1, 0.15) is 31.2 Å². The number of H-pyrrole nitrogens is 1. The molecule has 0 atom stereocenters. The molecule has 0 saturated carbocycles. The SMILES string of the molecule is COCCOCCc1nc(O)c(C(C)C)c(=O)[nH]1. The van der Waals surface area contributed by atoms with E-state index in [-0.39, 0.29) is 17.4 Å². The minimum Gasteiger partial charge on any atom is -0.493 e. The largest absolute Gasteiger partial charge is 0.493 e. The van der Waals surface area contributed by atoms with Crippen LogP contribution in [0.2, 0.25) is 0 Å². The molecule has 0 aliphatic heterocycles. The van der Waals surface area contributed by atoms with Crippen LogP contribution in [0.5, 0.6) is 5.88 Å². The lowest BCUT2D eigenvalue weighted by Gasteiger charge is -2.08. The lowest BCUT2D eigenvalue weighted by molar-refractivity contribution is 0.0715. The fourth-order valence-electron chi connectivity index (χ4n) is 1.57. The molecule has 2 N–H and O–H groups in total. The first-order chi connectivity index (χ1) is 8.56. The highest BCUT2D eigenvalue weighted by molar-refractivity contribution is 5.25. The minimum absolute atomic E-state index is 0.0618. The average molecular weight is 256 g/mol. The highest BCUT2D eigenvalue weighted by Gasteiger charge is 2.13. The van der Waals surface area contributed by atoms with E-state index in [1.165, 1.54) is 0 Å². The van der Waals surface area contributed by atoms with Gasteiger partial charge in [0.1, 0.15) is 5.82 Å². The van der Waals surface area contributed by atoms with Gasteiger partial charge >= 0.3 is 0 Å². The van der Waals surface area contributed by atoms with Gasteiger partial charge in [0.05, 0.1) is 25.4 Å². The second-order valence-corrected chi connectivity index (χ2v) is 4.26. The van der Waals surface area contributed by atoms with Gasteiger partial charge in [0, 0.05) is 13.5 Å². The van der Waals surface area contributed by atoms with Gasteiger partial charge in [0.2, 0.25) is 5.88 Å². The van der Waals surface area contributed by atoms with Crippen molar-refractivity contribution < 1.29 is 14.6 Å². The Morgan fingerprint density at radius 3 is 2.61 bits per heavy atom. The Kier molecular flexibility index (Phi) is 5.80. The van der Waals surface area contributed by atoms with E-state index in [4.69, 9.17) is 9.47 Å². The third-order valence-corrected chi connectivity index (χ3v) is 2.48. The van der Waals surface area contributed by atoms with E-state index in [2.05, 4.69) is 9.97 Å². The molecule has 0 radical (unpaired) electrons. The van der Waals surface area contributed by atoms with Crippen LogP contribution in [0, 0.1) is 0 Å². The number of hydrogen-bond acceptors (Lipinski definition) is 5. The maximum Gasteiger partial charge on any atom is 0.258 e. The third-order valence-electron chi connectivity index (χ3n) is 2.48. The molecule has 6 heteroatoms. The first kappa shape index (κ1) is 14.7. The highest BCUT2D eigenvalue weighted by Crippen LogP contribution is 2.18. The van der Waals surface area contributed by atoms with Crippen molar-refractivity contribution in [2.24, 2.45) is 0 Å². The standard InChI is InChI=1S/C12H20N2O4/c1-8(2)10-11(15)13-9(14-12(10)16)4-5-18-7-6-17-3/h8H,4-7H2,1-3H3,(H2,13,14,15,16). The van der Waals surface area contributed by atoms with Gasteiger partial charge in [0.25, 0.3) is 5.56 Å². The van der Waals surface area contributed by atoms with E-state index in [0.717, 1.165) is 0 Å². The molecule has 1 aromatic rings. The van der Waals surface area contributed by atoms with Crippen LogP contribution < -0.4 is 5.56 Å². The number of hydrogen-bond donors (Lipinski definition) is 2. The van der Waals surface area contributed by atoms with Gasteiger partial charge < -0.3 is 19.6 Å². The zero-order chi connectivity index (χ0) is 13.5. The summed E-state index contributed by atoms with van der Waals surface area (Å²) in [7, 11) is 1.60. The second-order valence-electron chi connectivity index (χ2n) is 4.26. The summed E-state index contributed by atoms with van der Waals surface area (Å²) in [5.74, 6) is 0.174. The van der Waals surface area contributed by atoms with Crippen molar-refractivity contribution in [3.8, 4) is 5.88 Å². The molecule has 0 aliphatic carbocycles. The molecular weight excluding hydrogens is 236 g/mol. The molecule has 18 heavy (non-hydrogen) atoms. The first-order valence-electron chi connectivity index (χ1n) is 5.95. The smallest absolute Gasteiger partial charge is 0.258 e.